The zero-order valence-corrected chi connectivity index (χ0v) is 11.6. The fourth-order valence-electron chi connectivity index (χ4n) is 2.19. The van der Waals surface area contributed by atoms with Crippen molar-refractivity contribution in [2.75, 3.05) is 13.1 Å². The van der Waals surface area contributed by atoms with Crippen LogP contribution in [-0.2, 0) is 11.2 Å². The lowest BCUT2D eigenvalue weighted by molar-refractivity contribution is -0.125. The molecule has 0 radical (unpaired) electrons. The number of hydrogen-bond donors (Lipinski definition) is 0. The fraction of sp³-hybridized carbons (Fsp3) is 0.385. The summed E-state index contributed by atoms with van der Waals surface area (Å²) in [5.41, 5.74) is 2.18. The molecule has 94 valence electrons. The SMILES string of the molecule is Cc1ccc(CC2SC3=NCCN3C2=O)cc1Cl. The Balaban J connectivity index is 1.77. The molecule has 0 aliphatic carbocycles. The molecular formula is C13H13ClN2OS. The van der Waals surface area contributed by atoms with Gasteiger partial charge in [-0.2, -0.15) is 0 Å². The van der Waals surface area contributed by atoms with Crippen molar-refractivity contribution < 1.29 is 4.79 Å². The maximum absolute atomic E-state index is 12.1. The van der Waals surface area contributed by atoms with Crippen LogP contribution in [0.25, 0.3) is 0 Å². The number of amidine groups is 1. The number of aliphatic imine (C=N–C) groups is 1. The molecule has 0 spiro atoms. The molecule has 3 rings (SSSR count). The fourth-order valence-corrected chi connectivity index (χ4v) is 3.63. The Morgan fingerprint density at radius 3 is 3.11 bits per heavy atom. The third-order valence-corrected chi connectivity index (χ3v) is 4.87. The van der Waals surface area contributed by atoms with Gasteiger partial charge in [-0.15, -0.1) is 0 Å². The Morgan fingerprint density at radius 2 is 2.39 bits per heavy atom. The molecule has 1 amide bonds. The highest BCUT2D eigenvalue weighted by molar-refractivity contribution is 8.15. The molecule has 1 aromatic rings. The number of carbonyl (C=O) groups is 1. The van der Waals surface area contributed by atoms with Crippen LogP contribution in [0.5, 0.6) is 0 Å². The molecule has 0 aromatic heterocycles. The van der Waals surface area contributed by atoms with Crippen molar-refractivity contribution in [3.8, 4) is 0 Å². The third-order valence-electron chi connectivity index (χ3n) is 3.25. The molecule has 2 aliphatic rings. The van der Waals surface area contributed by atoms with E-state index in [-0.39, 0.29) is 11.2 Å². The predicted octanol–water partition coefficient (Wildman–Crippen LogP) is 2.50. The molecule has 2 aliphatic heterocycles. The van der Waals surface area contributed by atoms with E-state index in [1.54, 1.807) is 16.7 Å². The average molecular weight is 281 g/mol. The van der Waals surface area contributed by atoms with Gasteiger partial charge in [0.05, 0.1) is 11.8 Å². The molecule has 1 unspecified atom stereocenters. The van der Waals surface area contributed by atoms with E-state index in [1.807, 2.05) is 25.1 Å². The monoisotopic (exact) mass is 280 g/mol. The first kappa shape index (κ1) is 12.1. The molecule has 1 atom stereocenters. The maximum atomic E-state index is 12.1. The van der Waals surface area contributed by atoms with Crippen molar-refractivity contribution >= 4 is 34.4 Å². The number of hydrogen-bond acceptors (Lipinski definition) is 3. The van der Waals surface area contributed by atoms with Gasteiger partial charge in [0, 0.05) is 11.6 Å². The Labute approximate surface area is 115 Å². The summed E-state index contributed by atoms with van der Waals surface area (Å²) in [6, 6.07) is 6.00. The van der Waals surface area contributed by atoms with Gasteiger partial charge in [-0.3, -0.25) is 14.7 Å². The van der Waals surface area contributed by atoms with Crippen LogP contribution in [-0.4, -0.2) is 34.3 Å². The van der Waals surface area contributed by atoms with E-state index in [0.717, 1.165) is 40.8 Å². The van der Waals surface area contributed by atoms with Gasteiger partial charge in [0.2, 0.25) is 5.91 Å². The van der Waals surface area contributed by atoms with Crippen LogP contribution in [0.15, 0.2) is 23.2 Å². The van der Waals surface area contributed by atoms with Gasteiger partial charge in [0.15, 0.2) is 5.17 Å². The summed E-state index contributed by atoms with van der Waals surface area (Å²) >= 11 is 7.68. The first-order valence-corrected chi connectivity index (χ1v) is 7.18. The molecule has 1 aromatic carbocycles. The topological polar surface area (TPSA) is 32.7 Å². The van der Waals surface area contributed by atoms with Crippen LogP contribution < -0.4 is 0 Å². The number of amides is 1. The largest absolute Gasteiger partial charge is 0.289 e. The highest BCUT2D eigenvalue weighted by Crippen LogP contribution is 2.32. The van der Waals surface area contributed by atoms with Crippen LogP contribution in [0.1, 0.15) is 11.1 Å². The smallest absolute Gasteiger partial charge is 0.242 e. The molecule has 0 bridgehead atoms. The summed E-state index contributed by atoms with van der Waals surface area (Å²) in [4.78, 5) is 18.3. The molecule has 0 N–H and O–H groups in total. The molecular weight excluding hydrogens is 268 g/mol. The van der Waals surface area contributed by atoms with E-state index >= 15 is 0 Å². The number of rotatable bonds is 2. The van der Waals surface area contributed by atoms with Crippen molar-refractivity contribution in [2.45, 2.75) is 18.6 Å². The lowest BCUT2D eigenvalue weighted by Gasteiger charge is -2.10. The van der Waals surface area contributed by atoms with E-state index in [4.69, 9.17) is 11.6 Å². The van der Waals surface area contributed by atoms with Gasteiger partial charge in [-0.25, -0.2) is 0 Å². The second kappa shape index (κ2) is 4.59. The van der Waals surface area contributed by atoms with Gasteiger partial charge < -0.3 is 0 Å². The summed E-state index contributed by atoms with van der Waals surface area (Å²) in [6.45, 7) is 3.47. The van der Waals surface area contributed by atoms with Crippen molar-refractivity contribution in [3.63, 3.8) is 0 Å². The van der Waals surface area contributed by atoms with Crippen LogP contribution in [0, 0.1) is 6.92 Å². The van der Waals surface area contributed by atoms with Crippen LogP contribution in [0.3, 0.4) is 0 Å². The lowest BCUT2D eigenvalue weighted by atomic mass is 10.1. The Hall–Kier alpha value is -1.00. The summed E-state index contributed by atoms with van der Waals surface area (Å²) in [5.74, 6) is 0.188. The normalized spacial score (nSPS) is 22.3. The highest BCUT2D eigenvalue weighted by atomic mass is 35.5. The third kappa shape index (κ3) is 2.04. The number of halogens is 1. The predicted molar refractivity (Wildman–Crippen MR) is 75.3 cm³/mol. The summed E-state index contributed by atoms with van der Waals surface area (Å²) in [6.07, 6.45) is 0.721. The van der Waals surface area contributed by atoms with E-state index in [9.17, 15) is 4.79 Å². The van der Waals surface area contributed by atoms with E-state index in [0.29, 0.717) is 0 Å². The molecule has 3 nitrogen and oxygen atoms in total. The molecule has 1 fully saturated rings. The van der Waals surface area contributed by atoms with Crippen molar-refractivity contribution in [3.05, 3.63) is 34.3 Å². The minimum absolute atomic E-state index is 0.0391. The number of nitrogens with zero attached hydrogens (tertiary/aromatic N) is 2. The van der Waals surface area contributed by atoms with Gasteiger partial charge in [-0.1, -0.05) is 35.5 Å². The van der Waals surface area contributed by atoms with Crippen molar-refractivity contribution in [1.82, 2.24) is 4.90 Å². The van der Waals surface area contributed by atoms with Crippen molar-refractivity contribution in [2.24, 2.45) is 4.99 Å². The van der Waals surface area contributed by atoms with Gasteiger partial charge in [0.1, 0.15) is 0 Å². The summed E-state index contributed by atoms with van der Waals surface area (Å²) < 4.78 is 0. The second-order valence-corrected chi connectivity index (χ2v) is 6.13. The number of carbonyl (C=O) groups excluding carboxylic acids is 1. The standard InChI is InChI=1S/C13H13ClN2OS/c1-8-2-3-9(6-10(8)14)7-11-12(17)16-5-4-15-13(16)18-11/h2-3,6,11H,4-5,7H2,1H3. The second-order valence-electron chi connectivity index (χ2n) is 4.55. The lowest BCUT2D eigenvalue weighted by Crippen LogP contribution is -2.31. The van der Waals surface area contributed by atoms with E-state index < -0.39 is 0 Å². The average Bonchev–Trinajstić information content (AvgIpc) is 2.89. The van der Waals surface area contributed by atoms with Crippen LogP contribution in [0.2, 0.25) is 5.02 Å². The Morgan fingerprint density at radius 1 is 1.56 bits per heavy atom. The maximum Gasteiger partial charge on any atom is 0.242 e. The molecule has 5 heteroatoms. The van der Waals surface area contributed by atoms with Crippen LogP contribution >= 0.6 is 23.4 Å². The summed E-state index contributed by atoms with van der Waals surface area (Å²) in [5, 5.41) is 1.62. The quantitative estimate of drug-likeness (QED) is 0.834. The van der Waals surface area contributed by atoms with Crippen molar-refractivity contribution in [1.29, 1.82) is 0 Å². The minimum Gasteiger partial charge on any atom is -0.289 e. The molecule has 2 heterocycles. The first-order chi connectivity index (χ1) is 8.65. The number of aryl methyl sites for hydroxylation is 1. The van der Waals surface area contributed by atoms with E-state index in [1.165, 1.54) is 0 Å². The zero-order chi connectivity index (χ0) is 12.7. The zero-order valence-electron chi connectivity index (χ0n) is 10.0. The highest BCUT2D eigenvalue weighted by Gasteiger charge is 2.39. The van der Waals surface area contributed by atoms with Gasteiger partial charge in [0.25, 0.3) is 0 Å². The number of fused-ring (bicyclic) bond motifs is 1. The van der Waals surface area contributed by atoms with Crippen LogP contribution in [0.4, 0.5) is 0 Å². The minimum atomic E-state index is -0.0391. The summed E-state index contributed by atoms with van der Waals surface area (Å²) in [7, 11) is 0. The van der Waals surface area contributed by atoms with Gasteiger partial charge >= 0.3 is 0 Å². The van der Waals surface area contributed by atoms with Gasteiger partial charge in [-0.05, 0) is 30.5 Å². The molecule has 1 saturated heterocycles. The number of thioether (sulfide) groups is 1. The molecule has 0 saturated carbocycles. The number of benzene rings is 1. The Bertz CT molecular complexity index is 544. The first-order valence-electron chi connectivity index (χ1n) is 5.92. The Kier molecular flexibility index (Phi) is 3.08. The van der Waals surface area contributed by atoms with E-state index in [2.05, 4.69) is 4.99 Å². The molecule has 18 heavy (non-hydrogen) atoms.